The van der Waals surface area contributed by atoms with E-state index in [0.717, 1.165) is 38.6 Å². The molecule has 0 amide bonds. The minimum Gasteiger partial charge on any atom is -0.356 e. The standard InChI is InChI=1S/C24H44N6/c1-6-29-14-16-30(17-15-29)19-21(2)18-27-24(25-4)26-13-12-22(3)28(5)20-23-10-8-7-9-11-23/h7-11,21-22H,6,12-20H2,1-5H3,(H2,25,26,27). The Hall–Kier alpha value is -1.63. The van der Waals surface area contributed by atoms with E-state index < -0.39 is 0 Å². The molecule has 0 radical (unpaired) electrons. The fourth-order valence-corrected chi connectivity index (χ4v) is 3.93. The van der Waals surface area contributed by atoms with Gasteiger partial charge < -0.3 is 20.4 Å². The summed E-state index contributed by atoms with van der Waals surface area (Å²) < 4.78 is 0. The molecule has 170 valence electrons. The molecular weight excluding hydrogens is 372 g/mol. The van der Waals surface area contributed by atoms with Crippen LogP contribution >= 0.6 is 0 Å². The average molecular weight is 417 g/mol. The van der Waals surface area contributed by atoms with Crippen LogP contribution in [0.1, 0.15) is 32.8 Å². The highest BCUT2D eigenvalue weighted by atomic mass is 15.3. The molecule has 1 aromatic carbocycles. The number of rotatable bonds is 11. The topological polar surface area (TPSA) is 46.1 Å². The van der Waals surface area contributed by atoms with Crippen LogP contribution in [-0.2, 0) is 6.54 Å². The van der Waals surface area contributed by atoms with Crippen LogP contribution in [0.5, 0.6) is 0 Å². The van der Waals surface area contributed by atoms with E-state index >= 15 is 0 Å². The fraction of sp³-hybridized carbons (Fsp3) is 0.708. The molecular formula is C24H44N6. The van der Waals surface area contributed by atoms with E-state index in [1.807, 2.05) is 7.05 Å². The number of hydrogen-bond donors (Lipinski definition) is 2. The van der Waals surface area contributed by atoms with Crippen LogP contribution in [0.15, 0.2) is 35.3 Å². The van der Waals surface area contributed by atoms with Gasteiger partial charge >= 0.3 is 0 Å². The van der Waals surface area contributed by atoms with Crippen LogP contribution in [0.4, 0.5) is 0 Å². The largest absolute Gasteiger partial charge is 0.356 e. The highest BCUT2D eigenvalue weighted by molar-refractivity contribution is 5.79. The summed E-state index contributed by atoms with van der Waals surface area (Å²) in [6, 6.07) is 11.2. The summed E-state index contributed by atoms with van der Waals surface area (Å²) in [5.41, 5.74) is 1.36. The van der Waals surface area contributed by atoms with Crippen molar-refractivity contribution in [2.75, 3.05) is 66.5 Å². The number of benzene rings is 1. The molecule has 0 saturated carbocycles. The minimum absolute atomic E-state index is 0.511. The summed E-state index contributed by atoms with van der Waals surface area (Å²) in [6.45, 7) is 16.9. The number of nitrogens with one attached hydrogen (secondary N) is 2. The number of aliphatic imine (C=N–C) groups is 1. The van der Waals surface area contributed by atoms with Crippen molar-refractivity contribution in [3.05, 3.63) is 35.9 Å². The molecule has 2 atom stereocenters. The molecule has 2 N–H and O–H groups in total. The Morgan fingerprint density at radius 2 is 1.73 bits per heavy atom. The van der Waals surface area contributed by atoms with Gasteiger partial charge in [0.2, 0.25) is 0 Å². The summed E-state index contributed by atoms with van der Waals surface area (Å²) in [6.07, 6.45) is 1.08. The van der Waals surface area contributed by atoms with E-state index in [1.165, 1.54) is 38.3 Å². The zero-order valence-corrected chi connectivity index (χ0v) is 19.9. The normalized spacial score (nSPS) is 18.4. The van der Waals surface area contributed by atoms with Crippen molar-refractivity contribution in [1.29, 1.82) is 0 Å². The maximum absolute atomic E-state index is 4.40. The predicted octanol–water partition coefficient (Wildman–Crippen LogP) is 2.34. The Morgan fingerprint density at radius 3 is 2.37 bits per heavy atom. The molecule has 1 aliphatic heterocycles. The lowest BCUT2D eigenvalue weighted by atomic mass is 10.1. The van der Waals surface area contributed by atoms with Gasteiger partial charge in [0.25, 0.3) is 0 Å². The first-order valence-corrected chi connectivity index (χ1v) is 11.6. The third-order valence-electron chi connectivity index (χ3n) is 6.21. The third-order valence-corrected chi connectivity index (χ3v) is 6.21. The second-order valence-corrected chi connectivity index (χ2v) is 8.76. The number of nitrogens with zero attached hydrogens (tertiary/aromatic N) is 4. The van der Waals surface area contributed by atoms with Crippen molar-refractivity contribution in [2.24, 2.45) is 10.9 Å². The monoisotopic (exact) mass is 416 g/mol. The Bertz CT molecular complexity index is 597. The molecule has 2 rings (SSSR count). The maximum Gasteiger partial charge on any atom is 0.190 e. The van der Waals surface area contributed by atoms with Gasteiger partial charge in [-0.2, -0.15) is 0 Å². The molecule has 1 aliphatic rings. The molecule has 6 nitrogen and oxygen atoms in total. The number of guanidine groups is 1. The van der Waals surface area contributed by atoms with Crippen LogP contribution in [0.25, 0.3) is 0 Å². The van der Waals surface area contributed by atoms with Crippen molar-refractivity contribution in [2.45, 2.75) is 39.8 Å². The van der Waals surface area contributed by atoms with E-state index in [0.29, 0.717) is 12.0 Å². The van der Waals surface area contributed by atoms with Gasteiger partial charge in [-0.05, 0) is 38.4 Å². The van der Waals surface area contributed by atoms with Gasteiger partial charge in [-0.1, -0.05) is 44.2 Å². The summed E-state index contributed by atoms with van der Waals surface area (Å²) in [4.78, 5) is 11.9. The summed E-state index contributed by atoms with van der Waals surface area (Å²) in [7, 11) is 4.06. The van der Waals surface area contributed by atoms with Crippen LogP contribution in [0.3, 0.4) is 0 Å². The average Bonchev–Trinajstić information content (AvgIpc) is 2.77. The van der Waals surface area contributed by atoms with Crippen molar-refractivity contribution < 1.29 is 0 Å². The second kappa shape index (κ2) is 13.6. The molecule has 1 heterocycles. The Balaban J connectivity index is 1.61. The van der Waals surface area contributed by atoms with Gasteiger partial charge in [-0.25, -0.2) is 0 Å². The molecule has 1 aromatic rings. The van der Waals surface area contributed by atoms with E-state index in [-0.39, 0.29) is 0 Å². The second-order valence-electron chi connectivity index (χ2n) is 8.76. The number of piperazine rings is 1. The first-order valence-electron chi connectivity index (χ1n) is 11.6. The van der Waals surface area contributed by atoms with Gasteiger partial charge in [0.1, 0.15) is 0 Å². The van der Waals surface area contributed by atoms with E-state index in [2.05, 4.69) is 88.5 Å². The zero-order valence-electron chi connectivity index (χ0n) is 19.9. The SMILES string of the molecule is CCN1CCN(CC(C)CNC(=NC)NCCC(C)N(C)Cc2ccccc2)CC1. The van der Waals surface area contributed by atoms with Gasteiger partial charge in [0.15, 0.2) is 5.96 Å². The molecule has 2 unspecified atom stereocenters. The summed E-state index contributed by atoms with van der Waals surface area (Å²) >= 11 is 0. The van der Waals surface area contributed by atoms with E-state index in [9.17, 15) is 0 Å². The first kappa shape index (κ1) is 24.6. The molecule has 6 heteroatoms. The highest BCUT2D eigenvalue weighted by Gasteiger charge is 2.17. The van der Waals surface area contributed by atoms with Crippen molar-refractivity contribution in [3.63, 3.8) is 0 Å². The Kier molecular flexibility index (Phi) is 11.2. The van der Waals surface area contributed by atoms with Crippen molar-refractivity contribution in [1.82, 2.24) is 25.3 Å². The van der Waals surface area contributed by atoms with Gasteiger partial charge in [0, 0.05) is 65.4 Å². The fourth-order valence-electron chi connectivity index (χ4n) is 3.93. The van der Waals surface area contributed by atoms with Gasteiger partial charge in [-0.3, -0.25) is 9.89 Å². The molecule has 0 aliphatic carbocycles. The van der Waals surface area contributed by atoms with E-state index in [4.69, 9.17) is 0 Å². The molecule has 0 spiro atoms. The molecule has 30 heavy (non-hydrogen) atoms. The highest BCUT2D eigenvalue weighted by Crippen LogP contribution is 2.08. The maximum atomic E-state index is 4.40. The van der Waals surface area contributed by atoms with Gasteiger partial charge in [-0.15, -0.1) is 0 Å². The quantitative estimate of drug-likeness (QED) is 0.428. The molecule has 1 saturated heterocycles. The van der Waals surface area contributed by atoms with Crippen LogP contribution in [0, 0.1) is 5.92 Å². The lowest BCUT2D eigenvalue weighted by molar-refractivity contribution is 0.124. The minimum atomic E-state index is 0.511. The molecule has 0 bridgehead atoms. The lowest BCUT2D eigenvalue weighted by Gasteiger charge is -2.35. The molecule has 0 aromatic heterocycles. The first-order chi connectivity index (χ1) is 14.5. The summed E-state index contributed by atoms with van der Waals surface area (Å²) in [5, 5.41) is 6.99. The lowest BCUT2D eigenvalue weighted by Crippen LogP contribution is -2.48. The van der Waals surface area contributed by atoms with Gasteiger partial charge in [0.05, 0.1) is 0 Å². The predicted molar refractivity (Wildman–Crippen MR) is 129 cm³/mol. The van der Waals surface area contributed by atoms with E-state index in [1.54, 1.807) is 0 Å². The van der Waals surface area contributed by atoms with Crippen LogP contribution in [0.2, 0.25) is 0 Å². The number of likely N-dealkylation sites (N-methyl/N-ethyl adjacent to an activating group) is 1. The Labute approximate surface area is 184 Å². The Morgan fingerprint density at radius 1 is 1.07 bits per heavy atom. The zero-order chi connectivity index (χ0) is 21.8. The van der Waals surface area contributed by atoms with Crippen LogP contribution < -0.4 is 10.6 Å². The third kappa shape index (κ3) is 9.02. The van der Waals surface area contributed by atoms with Crippen molar-refractivity contribution in [3.8, 4) is 0 Å². The van der Waals surface area contributed by atoms with Crippen molar-refractivity contribution >= 4 is 5.96 Å². The number of hydrogen-bond acceptors (Lipinski definition) is 4. The smallest absolute Gasteiger partial charge is 0.190 e. The van der Waals surface area contributed by atoms with Crippen LogP contribution in [-0.4, -0.2) is 93.2 Å². The summed E-state index contributed by atoms with van der Waals surface area (Å²) in [5.74, 6) is 1.52. The molecule has 1 fully saturated rings.